The molecule has 96 valence electrons. The van der Waals surface area contributed by atoms with E-state index in [4.69, 9.17) is 0 Å². The van der Waals surface area contributed by atoms with E-state index in [1.807, 2.05) is 12.1 Å². The van der Waals surface area contributed by atoms with E-state index in [1.165, 1.54) is 6.07 Å². The summed E-state index contributed by atoms with van der Waals surface area (Å²) in [7, 11) is 0. The van der Waals surface area contributed by atoms with Crippen LogP contribution in [0.3, 0.4) is 0 Å². The molecule has 1 N–H and O–H groups in total. The monoisotopic (exact) mass is 257 g/mol. The predicted molar refractivity (Wildman–Crippen MR) is 69.0 cm³/mol. The molecule has 0 spiro atoms. The van der Waals surface area contributed by atoms with Crippen LogP contribution in [0.25, 0.3) is 16.9 Å². The number of hydrogen-bond acceptors (Lipinski definition) is 3. The number of fused-ring (bicyclic) bond motifs is 1. The number of aryl methyl sites for hydroxylation is 1. The Morgan fingerprint density at radius 3 is 2.84 bits per heavy atom. The molecule has 1 aromatic carbocycles. The van der Waals surface area contributed by atoms with Crippen LogP contribution in [0.2, 0.25) is 0 Å². The summed E-state index contributed by atoms with van der Waals surface area (Å²) < 4.78 is 14.9. The van der Waals surface area contributed by atoms with Crippen LogP contribution in [-0.2, 0) is 6.61 Å². The van der Waals surface area contributed by atoms with Crippen LogP contribution < -0.4 is 0 Å². The minimum atomic E-state index is -0.233. The Hall–Kier alpha value is -2.27. The lowest BCUT2D eigenvalue weighted by Crippen LogP contribution is -1.99. The van der Waals surface area contributed by atoms with Gasteiger partial charge < -0.3 is 5.11 Å². The van der Waals surface area contributed by atoms with E-state index < -0.39 is 0 Å². The average Bonchev–Trinajstić information content (AvgIpc) is 2.84. The lowest BCUT2D eigenvalue weighted by atomic mass is 10.1. The Labute approximate surface area is 109 Å². The molecule has 0 saturated carbocycles. The maximum absolute atomic E-state index is 13.3. The van der Waals surface area contributed by atoms with Crippen LogP contribution in [0.15, 0.2) is 36.5 Å². The van der Waals surface area contributed by atoms with Gasteiger partial charge in [0.05, 0.1) is 24.2 Å². The maximum Gasteiger partial charge on any atom is 0.153 e. The third kappa shape index (κ3) is 1.98. The number of hydrogen-bond donors (Lipinski definition) is 1. The quantitative estimate of drug-likeness (QED) is 0.766. The highest BCUT2D eigenvalue weighted by Gasteiger charge is 2.07. The number of aliphatic hydroxyl groups excluding tert-OH is 1. The molecular weight excluding hydrogens is 245 g/mol. The van der Waals surface area contributed by atoms with Gasteiger partial charge in [-0.1, -0.05) is 0 Å². The SMILES string of the molecule is Cc1cc(-c2ccc3ncc(CO)n3n2)ccc1F. The molecule has 2 aromatic heterocycles. The van der Waals surface area contributed by atoms with E-state index >= 15 is 0 Å². The Morgan fingerprint density at radius 1 is 1.26 bits per heavy atom. The number of rotatable bonds is 2. The highest BCUT2D eigenvalue weighted by Crippen LogP contribution is 2.20. The molecule has 0 bridgehead atoms. The molecule has 19 heavy (non-hydrogen) atoms. The zero-order valence-corrected chi connectivity index (χ0v) is 10.3. The number of benzene rings is 1. The molecule has 5 heteroatoms. The number of aliphatic hydroxyl groups is 1. The summed E-state index contributed by atoms with van der Waals surface area (Å²) in [6.07, 6.45) is 1.59. The fourth-order valence-electron chi connectivity index (χ4n) is 1.99. The lowest BCUT2D eigenvalue weighted by Gasteiger charge is -2.05. The molecule has 4 nitrogen and oxygen atoms in total. The normalized spacial score (nSPS) is 11.1. The number of aromatic nitrogens is 3. The second kappa shape index (κ2) is 4.44. The Kier molecular flexibility index (Phi) is 2.76. The third-order valence-electron chi connectivity index (χ3n) is 3.05. The maximum atomic E-state index is 13.3. The highest BCUT2D eigenvalue weighted by atomic mass is 19.1. The van der Waals surface area contributed by atoms with E-state index in [-0.39, 0.29) is 12.4 Å². The summed E-state index contributed by atoms with van der Waals surface area (Å²) in [6, 6.07) is 8.51. The summed E-state index contributed by atoms with van der Waals surface area (Å²) in [5, 5.41) is 13.6. The van der Waals surface area contributed by atoms with E-state index in [0.29, 0.717) is 22.6 Å². The van der Waals surface area contributed by atoms with E-state index in [9.17, 15) is 9.50 Å². The van der Waals surface area contributed by atoms with Crippen LogP contribution >= 0.6 is 0 Å². The van der Waals surface area contributed by atoms with Crippen molar-refractivity contribution in [3.05, 3.63) is 53.6 Å². The van der Waals surface area contributed by atoms with E-state index in [0.717, 1.165) is 5.56 Å². The predicted octanol–water partition coefficient (Wildman–Crippen LogP) is 2.34. The van der Waals surface area contributed by atoms with Gasteiger partial charge in [0.25, 0.3) is 0 Å². The first-order valence-electron chi connectivity index (χ1n) is 5.90. The molecule has 0 atom stereocenters. The number of halogens is 1. The fourth-order valence-corrected chi connectivity index (χ4v) is 1.99. The van der Waals surface area contributed by atoms with Crippen molar-refractivity contribution in [2.24, 2.45) is 0 Å². The first-order valence-corrected chi connectivity index (χ1v) is 5.90. The fraction of sp³-hybridized carbons (Fsp3) is 0.143. The summed E-state index contributed by atoms with van der Waals surface area (Å²) in [4.78, 5) is 4.14. The van der Waals surface area contributed by atoms with E-state index in [2.05, 4.69) is 10.1 Å². The van der Waals surface area contributed by atoms with Crippen LogP contribution in [0.1, 0.15) is 11.3 Å². The van der Waals surface area contributed by atoms with Crippen molar-refractivity contribution in [3.8, 4) is 11.3 Å². The van der Waals surface area contributed by atoms with Gasteiger partial charge in [-0.2, -0.15) is 5.10 Å². The van der Waals surface area contributed by atoms with Gasteiger partial charge in [0.1, 0.15) is 5.82 Å². The zero-order valence-electron chi connectivity index (χ0n) is 10.3. The molecule has 3 rings (SSSR count). The number of nitrogens with zero attached hydrogens (tertiary/aromatic N) is 3. The van der Waals surface area contributed by atoms with Crippen LogP contribution in [0.4, 0.5) is 4.39 Å². The molecule has 0 aliphatic heterocycles. The van der Waals surface area contributed by atoms with Crippen LogP contribution in [0.5, 0.6) is 0 Å². The average molecular weight is 257 g/mol. The molecule has 3 aromatic rings. The standard InChI is InChI=1S/C14H12FN3O/c1-9-6-10(2-3-12(9)15)13-4-5-14-16-7-11(8-19)18(14)17-13/h2-7,19H,8H2,1H3. The smallest absolute Gasteiger partial charge is 0.153 e. The van der Waals surface area contributed by atoms with Crippen molar-refractivity contribution in [1.29, 1.82) is 0 Å². The van der Waals surface area contributed by atoms with Gasteiger partial charge in [0.15, 0.2) is 5.65 Å². The molecule has 0 amide bonds. The van der Waals surface area contributed by atoms with Crippen molar-refractivity contribution in [1.82, 2.24) is 14.6 Å². The second-order valence-electron chi connectivity index (χ2n) is 4.36. The molecule has 2 heterocycles. The summed E-state index contributed by atoms with van der Waals surface area (Å²) in [5.41, 5.74) is 3.41. The van der Waals surface area contributed by atoms with Gasteiger partial charge in [-0.25, -0.2) is 13.9 Å². The van der Waals surface area contributed by atoms with E-state index in [1.54, 1.807) is 29.8 Å². The molecule has 0 unspecified atom stereocenters. The van der Waals surface area contributed by atoms with Crippen LogP contribution in [-0.4, -0.2) is 19.7 Å². The van der Waals surface area contributed by atoms with Gasteiger partial charge in [0, 0.05) is 5.56 Å². The molecule has 0 saturated heterocycles. The van der Waals surface area contributed by atoms with Crippen molar-refractivity contribution in [3.63, 3.8) is 0 Å². The molecule has 0 aliphatic carbocycles. The van der Waals surface area contributed by atoms with Gasteiger partial charge in [-0.05, 0) is 42.8 Å². The lowest BCUT2D eigenvalue weighted by molar-refractivity contribution is 0.274. The number of imidazole rings is 1. The Bertz CT molecular complexity index is 752. The summed E-state index contributed by atoms with van der Waals surface area (Å²) in [6.45, 7) is 1.59. The molecule has 0 aliphatic rings. The largest absolute Gasteiger partial charge is 0.390 e. The molecule has 0 fully saturated rings. The van der Waals surface area contributed by atoms with Gasteiger partial charge in [-0.15, -0.1) is 0 Å². The van der Waals surface area contributed by atoms with Gasteiger partial charge >= 0.3 is 0 Å². The summed E-state index contributed by atoms with van der Waals surface area (Å²) >= 11 is 0. The zero-order chi connectivity index (χ0) is 13.4. The van der Waals surface area contributed by atoms with Crippen molar-refractivity contribution >= 4 is 5.65 Å². The Balaban J connectivity index is 2.16. The van der Waals surface area contributed by atoms with Gasteiger partial charge in [-0.3, -0.25) is 0 Å². The Morgan fingerprint density at radius 2 is 2.11 bits per heavy atom. The second-order valence-corrected chi connectivity index (χ2v) is 4.36. The van der Waals surface area contributed by atoms with Crippen molar-refractivity contribution in [2.75, 3.05) is 0 Å². The third-order valence-corrected chi connectivity index (χ3v) is 3.05. The molecular formula is C14H12FN3O. The first-order chi connectivity index (χ1) is 9.19. The highest BCUT2D eigenvalue weighted by molar-refractivity contribution is 5.61. The van der Waals surface area contributed by atoms with Crippen molar-refractivity contribution < 1.29 is 9.50 Å². The first kappa shape index (κ1) is 11.8. The van der Waals surface area contributed by atoms with Crippen molar-refractivity contribution in [2.45, 2.75) is 13.5 Å². The van der Waals surface area contributed by atoms with Crippen LogP contribution in [0, 0.1) is 12.7 Å². The molecule has 0 radical (unpaired) electrons. The minimum Gasteiger partial charge on any atom is -0.390 e. The van der Waals surface area contributed by atoms with Gasteiger partial charge in [0.2, 0.25) is 0 Å². The topological polar surface area (TPSA) is 50.4 Å². The summed E-state index contributed by atoms with van der Waals surface area (Å²) in [5.74, 6) is -0.233. The minimum absolute atomic E-state index is 0.125.